The Balaban J connectivity index is 1.93. The first-order chi connectivity index (χ1) is 16.6. The van der Waals surface area contributed by atoms with Gasteiger partial charge in [-0.05, 0) is 62.1 Å². The van der Waals surface area contributed by atoms with Crippen molar-refractivity contribution >= 4 is 39.1 Å². The molecule has 1 N–H and O–H groups in total. The molecule has 0 saturated carbocycles. The number of rotatable bonds is 7. The molecule has 3 aromatic carbocycles. The first kappa shape index (κ1) is 24.4. The van der Waals surface area contributed by atoms with Crippen molar-refractivity contribution in [2.45, 2.75) is 46.6 Å². The fourth-order valence-corrected chi connectivity index (χ4v) is 4.95. The van der Waals surface area contributed by atoms with E-state index in [0.717, 1.165) is 46.4 Å². The van der Waals surface area contributed by atoms with Gasteiger partial charge in [0, 0.05) is 56.4 Å². The summed E-state index contributed by atoms with van der Waals surface area (Å²) in [6.45, 7) is 8.34. The van der Waals surface area contributed by atoms with E-state index >= 15 is 0 Å². The highest BCUT2D eigenvalue weighted by Gasteiger charge is 2.20. The van der Waals surface area contributed by atoms with Crippen LogP contribution < -0.4 is 31.4 Å². The second kappa shape index (κ2) is 9.17. The fraction of sp³-hybridized carbons (Fsp3) is 0.407. The van der Waals surface area contributed by atoms with Gasteiger partial charge in [-0.25, -0.2) is 10.4 Å². The van der Waals surface area contributed by atoms with E-state index < -0.39 is 10.9 Å². The van der Waals surface area contributed by atoms with E-state index in [1.807, 2.05) is 46.1 Å². The van der Waals surface area contributed by atoms with Gasteiger partial charge in [-0.3, -0.25) is 9.59 Å². The molecule has 1 aromatic heterocycles. The molecular formula is C27H34N6O2. The summed E-state index contributed by atoms with van der Waals surface area (Å²) in [6.07, 6.45) is 1.84. The average Bonchev–Trinajstić information content (AvgIpc) is 3.26. The van der Waals surface area contributed by atoms with Crippen LogP contribution in [-0.4, -0.2) is 37.7 Å². The van der Waals surface area contributed by atoms with Gasteiger partial charge in [0.05, 0.1) is 11.0 Å². The van der Waals surface area contributed by atoms with E-state index in [9.17, 15) is 9.59 Å². The summed E-state index contributed by atoms with van der Waals surface area (Å²) < 4.78 is 2.16. The largest absolute Gasteiger partial charge is 0.377 e. The normalized spacial score (nSPS) is 12.3. The maximum atomic E-state index is 12.9. The number of aromatic nitrogens is 2. The van der Waals surface area contributed by atoms with E-state index in [1.165, 1.54) is 0 Å². The zero-order valence-corrected chi connectivity index (χ0v) is 21.9. The summed E-state index contributed by atoms with van der Waals surface area (Å²) in [4.78, 5) is 34.5. The summed E-state index contributed by atoms with van der Waals surface area (Å²) in [6, 6.07) is 8.08. The topological polar surface area (TPSA) is 82.8 Å². The first-order valence-electron chi connectivity index (χ1n) is 12.0. The minimum atomic E-state index is -0.598. The molecule has 184 valence electrons. The quantitative estimate of drug-likeness (QED) is 0.324. The van der Waals surface area contributed by atoms with Gasteiger partial charge in [0.25, 0.3) is 5.43 Å². The Morgan fingerprint density at radius 2 is 1.49 bits per heavy atom. The summed E-state index contributed by atoms with van der Waals surface area (Å²) in [7, 11) is 7.89. The van der Waals surface area contributed by atoms with Gasteiger partial charge in [0.15, 0.2) is 0 Å². The standard InChI is InChI=1S/C27H34N6O2/c1-9-17(10-2)33-23-14-22(32(7)8)16(4)12-20(23)28-27(33)30-29-24-18-11-15(3)21(31(5)6)13-19(18)25(34)26(24)35/h11-14,17H,9-10H2,1-8H3,(H,28,30). The zero-order chi connectivity index (χ0) is 25.6. The monoisotopic (exact) mass is 474 g/mol. The lowest BCUT2D eigenvalue weighted by Gasteiger charge is -2.20. The maximum absolute atomic E-state index is 12.9. The minimum Gasteiger partial charge on any atom is -0.377 e. The molecule has 0 saturated heterocycles. The Labute approximate surface area is 205 Å². The lowest BCUT2D eigenvalue weighted by molar-refractivity contribution is 0.487. The Bertz CT molecular complexity index is 1570. The van der Waals surface area contributed by atoms with Crippen molar-refractivity contribution in [3.8, 4) is 0 Å². The van der Waals surface area contributed by atoms with Crippen molar-refractivity contribution in [3.63, 3.8) is 0 Å². The van der Waals surface area contributed by atoms with Crippen LogP contribution in [0.2, 0.25) is 0 Å². The van der Waals surface area contributed by atoms with Gasteiger partial charge in [-0.2, -0.15) is 5.10 Å². The fourth-order valence-electron chi connectivity index (χ4n) is 4.95. The third-order valence-corrected chi connectivity index (χ3v) is 6.80. The van der Waals surface area contributed by atoms with Crippen LogP contribution >= 0.6 is 0 Å². The molecule has 0 fully saturated rings. The van der Waals surface area contributed by atoms with Crippen molar-refractivity contribution in [2.75, 3.05) is 43.4 Å². The molecule has 4 aromatic rings. The number of imidazole rings is 1. The molecule has 0 aliphatic rings. The number of benzene rings is 2. The van der Waals surface area contributed by atoms with Crippen molar-refractivity contribution in [1.29, 1.82) is 0 Å². The molecule has 1 heterocycles. The maximum Gasteiger partial charge on any atom is 0.254 e. The van der Waals surface area contributed by atoms with Crippen LogP contribution in [0.3, 0.4) is 0 Å². The van der Waals surface area contributed by atoms with Crippen molar-refractivity contribution in [3.05, 3.63) is 61.2 Å². The van der Waals surface area contributed by atoms with Crippen LogP contribution in [0.5, 0.6) is 0 Å². The SMILES string of the molecule is CCC(CC)n1c(NN=c2c(=O)c(=O)c3cc(N(C)C)c(C)cc23)nc2cc(C)c(N(C)C)cc21. The van der Waals surface area contributed by atoms with Crippen molar-refractivity contribution < 1.29 is 0 Å². The number of nitrogens with zero attached hydrogens (tertiary/aromatic N) is 5. The Kier molecular flexibility index (Phi) is 6.40. The number of hydrogen-bond acceptors (Lipinski definition) is 7. The Hall–Kier alpha value is -3.68. The minimum absolute atomic E-state index is 0.131. The zero-order valence-electron chi connectivity index (χ0n) is 21.9. The summed E-state index contributed by atoms with van der Waals surface area (Å²) in [5, 5.41) is 5.54. The molecule has 35 heavy (non-hydrogen) atoms. The van der Waals surface area contributed by atoms with Gasteiger partial charge < -0.3 is 14.4 Å². The smallest absolute Gasteiger partial charge is 0.254 e. The highest BCUT2D eigenvalue weighted by molar-refractivity contribution is 5.88. The number of fused-ring (bicyclic) bond motifs is 2. The summed E-state index contributed by atoms with van der Waals surface area (Å²) in [5.41, 5.74) is 7.94. The Morgan fingerprint density at radius 3 is 2.09 bits per heavy atom. The summed E-state index contributed by atoms with van der Waals surface area (Å²) in [5.74, 6) is 0.562. The third kappa shape index (κ3) is 4.07. The van der Waals surface area contributed by atoms with Crippen LogP contribution in [0.15, 0.2) is 39.0 Å². The lowest BCUT2D eigenvalue weighted by atomic mass is 10.1. The van der Waals surface area contributed by atoms with Gasteiger partial charge >= 0.3 is 0 Å². The van der Waals surface area contributed by atoms with Crippen LogP contribution in [0.25, 0.3) is 21.8 Å². The third-order valence-electron chi connectivity index (χ3n) is 6.80. The predicted octanol–water partition coefficient (Wildman–Crippen LogP) is 3.82. The van der Waals surface area contributed by atoms with Crippen LogP contribution in [-0.2, 0) is 0 Å². The highest BCUT2D eigenvalue weighted by atomic mass is 16.2. The average molecular weight is 475 g/mol. The predicted molar refractivity (Wildman–Crippen MR) is 146 cm³/mol. The molecule has 0 bridgehead atoms. The number of hydrogen-bond donors (Lipinski definition) is 1. The van der Waals surface area contributed by atoms with Crippen molar-refractivity contribution in [2.24, 2.45) is 5.10 Å². The first-order valence-corrected chi connectivity index (χ1v) is 12.0. The molecule has 0 aliphatic heterocycles. The molecule has 0 radical (unpaired) electrons. The van der Waals surface area contributed by atoms with Gasteiger partial charge in [0.2, 0.25) is 11.4 Å². The molecule has 0 aliphatic carbocycles. The van der Waals surface area contributed by atoms with E-state index in [4.69, 9.17) is 4.98 Å². The van der Waals surface area contributed by atoms with E-state index in [-0.39, 0.29) is 11.4 Å². The van der Waals surface area contributed by atoms with Crippen molar-refractivity contribution in [1.82, 2.24) is 9.55 Å². The van der Waals surface area contributed by atoms with Crippen LogP contribution in [0, 0.1) is 13.8 Å². The summed E-state index contributed by atoms with van der Waals surface area (Å²) >= 11 is 0. The second-order valence-corrected chi connectivity index (χ2v) is 9.61. The van der Waals surface area contributed by atoms with Crippen LogP contribution in [0.1, 0.15) is 43.9 Å². The molecule has 0 atom stereocenters. The molecular weight excluding hydrogens is 440 g/mol. The number of aryl methyl sites for hydroxylation is 2. The van der Waals surface area contributed by atoms with E-state index in [1.54, 1.807) is 6.07 Å². The molecule has 4 rings (SSSR count). The molecule has 0 spiro atoms. The van der Waals surface area contributed by atoms with Gasteiger partial charge in [-0.15, -0.1) is 0 Å². The molecule has 8 heteroatoms. The molecule has 0 unspecified atom stereocenters. The second-order valence-electron chi connectivity index (χ2n) is 9.61. The van der Waals surface area contributed by atoms with Gasteiger partial charge in [-0.1, -0.05) is 13.8 Å². The molecule has 8 nitrogen and oxygen atoms in total. The number of anilines is 3. The highest BCUT2D eigenvalue weighted by Crippen LogP contribution is 2.32. The molecule has 0 amide bonds. The lowest BCUT2D eigenvalue weighted by Crippen LogP contribution is -2.31. The van der Waals surface area contributed by atoms with Crippen LogP contribution in [0.4, 0.5) is 17.3 Å². The van der Waals surface area contributed by atoms with Gasteiger partial charge in [0.1, 0.15) is 5.36 Å². The Morgan fingerprint density at radius 1 is 0.886 bits per heavy atom. The number of nitrogens with one attached hydrogen (secondary N) is 1. The van der Waals surface area contributed by atoms with E-state index in [2.05, 4.69) is 52.9 Å². The van der Waals surface area contributed by atoms with E-state index in [0.29, 0.717) is 16.7 Å².